The number of thiazole rings is 1. The van der Waals surface area contributed by atoms with E-state index in [1.807, 2.05) is 30.3 Å². The van der Waals surface area contributed by atoms with Crippen molar-refractivity contribution >= 4 is 61.8 Å². The number of hydrogen-bond donors (Lipinski definition) is 2. The fourth-order valence-electron chi connectivity index (χ4n) is 5.95. The molecule has 6 aromatic rings. The van der Waals surface area contributed by atoms with Crippen molar-refractivity contribution < 1.29 is 27.5 Å². The van der Waals surface area contributed by atoms with Gasteiger partial charge in [-0.15, -0.1) is 11.3 Å². The maximum Gasteiger partial charge on any atom is 0.416 e. The number of rotatable bonds is 10. The standard InChI is InChI=1S/C37H32F3N9O3S/c1-22(35-42-13-12-31(47-35)48-14-16-49(17-15-48)32-20-43-27-8-4-5-9-28(27)45-32)52-34(50)19-26(41)24-6-2-3-7-25(24)36(51)44-21-33-46-29-18-23(37(38,39)40)10-11-30(29)53-33/h2-13,18,20,22,41H,14-17,19,21H2,1H3,(H,44,51)/t22-/m1/s1. The maximum atomic E-state index is 13.2. The van der Waals surface area contributed by atoms with Gasteiger partial charge in [-0.25, -0.2) is 19.9 Å². The average Bonchev–Trinajstić information content (AvgIpc) is 3.59. The summed E-state index contributed by atoms with van der Waals surface area (Å²) in [5.41, 5.74) is 1.34. The lowest BCUT2D eigenvalue weighted by molar-refractivity contribution is -0.147. The van der Waals surface area contributed by atoms with Crippen LogP contribution in [0.5, 0.6) is 0 Å². The van der Waals surface area contributed by atoms with Gasteiger partial charge in [0, 0.05) is 43.5 Å². The van der Waals surface area contributed by atoms with Crippen molar-refractivity contribution in [2.24, 2.45) is 0 Å². The number of piperazine rings is 1. The van der Waals surface area contributed by atoms with E-state index in [0.717, 1.165) is 29.0 Å². The van der Waals surface area contributed by atoms with Crippen LogP contribution < -0.4 is 15.1 Å². The van der Waals surface area contributed by atoms with Gasteiger partial charge in [0.1, 0.15) is 16.6 Å². The van der Waals surface area contributed by atoms with Crippen LogP contribution in [-0.4, -0.2) is 68.7 Å². The van der Waals surface area contributed by atoms with Gasteiger partial charge in [-0.3, -0.25) is 14.6 Å². The third kappa shape index (κ3) is 8.07. The Bertz CT molecular complexity index is 2330. The molecular weight excluding hydrogens is 708 g/mol. The number of amides is 1. The molecule has 0 bridgehead atoms. The van der Waals surface area contributed by atoms with Crippen LogP contribution in [0, 0.1) is 5.41 Å². The molecule has 4 heterocycles. The molecule has 1 aliphatic rings. The first kappa shape index (κ1) is 35.4. The smallest absolute Gasteiger partial charge is 0.416 e. The molecule has 7 rings (SSSR count). The number of nitrogens with one attached hydrogen (secondary N) is 2. The number of benzene rings is 3. The highest BCUT2D eigenvalue weighted by molar-refractivity contribution is 7.18. The lowest BCUT2D eigenvalue weighted by Gasteiger charge is -2.36. The van der Waals surface area contributed by atoms with Gasteiger partial charge in [-0.05, 0) is 49.4 Å². The molecule has 270 valence electrons. The molecule has 16 heteroatoms. The SMILES string of the molecule is C[C@@H](OC(=O)CC(=N)c1ccccc1C(=O)NCc1nc2cc(C(F)(F)F)ccc2s1)c1nccc(N2CCN(c3cnc4ccccc4n3)CC2)n1. The van der Waals surface area contributed by atoms with Gasteiger partial charge in [0.2, 0.25) is 0 Å². The molecule has 1 amide bonds. The molecule has 2 N–H and O–H groups in total. The van der Waals surface area contributed by atoms with Gasteiger partial charge in [-0.1, -0.05) is 30.3 Å². The summed E-state index contributed by atoms with van der Waals surface area (Å²) in [5, 5.41) is 11.8. The summed E-state index contributed by atoms with van der Waals surface area (Å²) in [5.74, 6) is 0.614. The van der Waals surface area contributed by atoms with Crippen LogP contribution in [0.25, 0.3) is 21.3 Å². The van der Waals surface area contributed by atoms with Crippen molar-refractivity contribution in [1.29, 1.82) is 5.41 Å². The Balaban J connectivity index is 0.931. The number of anilines is 2. The van der Waals surface area contributed by atoms with Gasteiger partial charge in [0.15, 0.2) is 11.9 Å². The molecule has 12 nitrogen and oxygen atoms in total. The molecule has 3 aromatic heterocycles. The van der Waals surface area contributed by atoms with E-state index in [-0.39, 0.29) is 28.9 Å². The van der Waals surface area contributed by atoms with Gasteiger partial charge in [0.05, 0.1) is 51.7 Å². The third-order valence-electron chi connectivity index (χ3n) is 8.67. The van der Waals surface area contributed by atoms with E-state index >= 15 is 0 Å². The number of ether oxygens (including phenoxy) is 1. The fourth-order valence-corrected chi connectivity index (χ4v) is 6.84. The highest BCUT2D eigenvalue weighted by atomic mass is 32.1. The van der Waals surface area contributed by atoms with Crippen molar-refractivity contribution in [3.8, 4) is 0 Å². The van der Waals surface area contributed by atoms with Crippen molar-refractivity contribution in [3.05, 3.63) is 113 Å². The van der Waals surface area contributed by atoms with Crippen molar-refractivity contribution in [2.45, 2.75) is 32.2 Å². The molecule has 1 aliphatic heterocycles. The minimum Gasteiger partial charge on any atom is -0.454 e. The minimum absolute atomic E-state index is 0.0331. The Labute approximate surface area is 305 Å². The Morgan fingerprint density at radius 1 is 0.868 bits per heavy atom. The number of fused-ring (bicyclic) bond motifs is 2. The Hall–Kier alpha value is -6.03. The Kier molecular flexibility index (Phi) is 9.95. The Morgan fingerprint density at radius 2 is 1.57 bits per heavy atom. The monoisotopic (exact) mass is 739 g/mol. The molecule has 53 heavy (non-hydrogen) atoms. The largest absolute Gasteiger partial charge is 0.454 e. The first-order valence-corrected chi connectivity index (χ1v) is 17.5. The number of alkyl halides is 3. The third-order valence-corrected chi connectivity index (χ3v) is 9.71. The van der Waals surface area contributed by atoms with E-state index in [1.165, 1.54) is 23.5 Å². The fraction of sp³-hybridized carbons (Fsp3) is 0.243. The van der Waals surface area contributed by atoms with Gasteiger partial charge >= 0.3 is 12.1 Å². The van der Waals surface area contributed by atoms with Crippen LogP contribution in [0.4, 0.5) is 24.8 Å². The summed E-state index contributed by atoms with van der Waals surface area (Å²) in [6, 6.07) is 19.2. The van der Waals surface area contributed by atoms with Gasteiger partial charge in [-0.2, -0.15) is 13.2 Å². The second-order valence-corrected chi connectivity index (χ2v) is 13.4. The molecule has 0 spiro atoms. The Morgan fingerprint density at radius 3 is 2.32 bits per heavy atom. The predicted molar refractivity (Wildman–Crippen MR) is 194 cm³/mol. The number of carbonyl (C=O) groups excluding carboxylic acids is 2. The summed E-state index contributed by atoms with van der Waals surface area (Å²) >= 11 is 1.17. The first-order chi connectivity index (χ1) is 25.5. The van der Waals surface area contributed by atoms with E-state index < -0.39 is 36.1 Å². The number of para-hydroxylation sites is 2. The molecule has 0 unspecified atom stereocenters. The maximum absolute atomic E-state index is 13.2. The number of aromatic nitrogens is 5. The van der Waals surface area contributed by atoms with E-state index in [0.29, 0.717) is 47.5 Å². The number of halogens is 3. The first-order valence-electron chi connectivity index (χ1n) is 16.7. The molecule has 3 aromatic carbocycles. The summed E-state index contributed by atoms with van der Waals surface area (Å²) < 4.78 is 45.5. The van der Waals surface area contributed by atoms with Crippen LogP contribution in [0.1, 0.15) is 51.8 Å². The molecule has 1 fully saturated rings. The van der Waals surface area contributed by atoms with E-state index in [4.69, 9.17) is 15.1 Å². The summed E-state index contributed by atoms with van der Waals surface area (Å²) in [7, 11) is 0. The number of esters is 1. The van der Waals surface area contributed by atoms with Crippen LogP contribution in [0.15, 0.2) is 85.2 Å². The van der Waals surface area contributed by atoms with Gasteiger partial charge < -0.3 is 25.3 Å². The molecule has 1 saturated heterocycles. The molecule has 0 aliphatic carbocycles. The lowest BCUT2D eigenvalue weighted by atomic mass is 10.0. The average molecular weight is 740 g/mol. The van der Waals surface area contributed by atoms with Crippen LogP contribution in [-0.2, 0) is 22.3 Å². The van der Waals surface area contributed by atoms with E-state index in [2.05, 4.69) is 35.1 Å². The zero-order valence-corrected chi connectivity index (χ0v) is 29.1. The van der Waals surface area contributed by atoms with Crippen LogP contribution >= 0.6 is 11.3 Å². The number of carbonyl (C=O) groups is 2. The molecular formula is C37H32F3N9O3S. The summed E-state index contributed by atoms with van der Waals surface area (Å²) in [4.78, 5) is 53.0. The quantitative estimate of drug-likeness (QED) is 0.120. The molecule has 0 saturated carbocycles. The molecule has 0 radical (unpaired) electrons. The van der Waals surface area contributed by atoms with Crippen LogP contribution in [0.2, 0.25) is 0 Å². The minimum atomic E-state index is -4.49. The lowest BCUT2D eigenvalue weighted by Crippen LogP contribution is -2.47. The second kappa shape index (κ2) is 14.9. The molecule has 1 atom stereocenters. The zero-order valence-electron chi connectivity index (χ0n) is 28.3. The normalized spacial score (nSPS) is 14.0. The van der Waals surface area contributed by atoms with Gasteiger partial charge in [0.25, 0.3) is 5.91 Å². The van der Waals surface area contributed by atoms with E-state index in [1.54, 1.807) is 37.5 Å². The number of hydrogen-bond acceptors (Lipinski definition) is 12. The van der Waals surface area contributed by atoms with Crippen LogP contribution in [0.3, 0.4) is 0 Å². The van der Waals surface area contributed by atoms with E-state index in [9.17, 15) is 22.8 Å². The predicted octanol–water partition coefficient (Wildman–Crippen LogP) is 6.37. The summed E-state index contributed by atoms with van der Waals surface area (Å²) in [6.07, 6.45) is -2.29. The van der Waals surface area contributed by atoms with Crippen molar-refractivity contribution in [1.82, 2.24) is 30.2 Å². The van der Waals surface area contributed by atoms with Crippen molar-refractivity contribution in [2.75, 3.05) is 36.0 Å². The zero-order chi connectivity index (χ0) is 37.1. The second-order valence-electron chi connectivity index (χ2n) is 12.3. The number of nitrogens with zero attached hydrogens (tertiary/aromatic N) is 7. The highest BCUT2D eigenvalue weighted by Crippen LogP contribution is 2.33. The highest BCUT2D eigenvalue weighted by Gasteiger charge is 2.31. The summed E-state index contributed by atoms with van der Waals surface area (Å²) in [6.45, 7) is 4.43. The van der Waals surface area contributed by atoms with Crippen molar-refractivity contribution in [3.63, 3.8) is 0 Å². The topological polar surface area (TPSA) is 150 Å².